The number of hydrogen-bond donors (Lipinski definition) is 3. The third kappa shape index (κ3) is 5.85. The first-order chi connectivity index (χ1) is 8.99. The Morgan fingerprint density at radius 2 is 2.00 bits per heavy atom. The molecule has 0 heterocycles. The maximum atomic E-state index is 12.7. The molecule has 6 heteroatoms. The van der Waals surface area contributed by atoms with Crippen LogP contribution in [0.25, 0.3) is 0 Å². The van der Waals surface area contributed by atoms with Gasteiger partial charge in [-0.2, -0.15) is 0 Å². The number of guanidine groups is 1. The normalized spacial score (nSPS) is 11.5. The lowest BCUT2D eigenvalue weighted by Gasteiger charge is -2.08. The summed E-state index contributed by atoms with van der Waals surface area (Å²) < 4.78 is 12.7. The highest BCUT2D eigenvalue weighted by Gasteiger charge is 2.04. The van der Waals surface area contributed by atoms with Crippen molar-refractivity contribution in [1.29, 1.82) is 0 Å². The topological polar surface area (TPSA) is 79.5 Å². The molecule has 0 aliphatic rings. The lowest BCUT2D eigenvalue weighted by atomic mass is 10.2. The van der Waals surface area contributed by atoms with Crippen LogP contribution in [0.5, 0.6) is 0 Å². The summed E-state index contributed by atoms with van der Waals surface area (Å²) in [6.45, 7) is 4.67. The van der Waals surface area contributed by atoms with E-state index in [4.69, 9.17) is 5.73 Å². The van der Waals surface area contributed by atoms with Gasteiger partial charge in [-0.25, -0.2) is 4.39 Å². The number of rotatable bonds is 5. The molecule has 0 spiro atoms. The van der Waals surface area contributed by atoms with Crippen LogP contribution in [0.2, 0.25) is 0 Å². The molecule has 1 aromatic carbocycles. The second-order valence-electron chi connectivity index (χ2n) is 4.33. The summed E-state index contributed by atoms with van der Waals surface area (Å²) in [7, 11) is 0. The zero-order valence-electron chi connectivity index (χ0n) is 11.1. The Hall–Kier alpha value is -2.11. The number of amides is 1. The highest BCUT2D eigenvalue weighted by Crippen LogP contribution is 2.01. The molecule has 1 rings (SSSR count). The van der Waals surface area contributed by atoms with Gasteiger partial charge in [-0.15, -0.1) is 0 Å². The number of aliphatic imine (C=N–C) groups is 1. The Balaban J connectivity index is 2.33. The molecule has 1 aromatic rings. The second-order valence-corrected chi connectivity index (χ2v) is 4.33. The number of halogens is 1. The maximum Gasteiger partial charge on any atom is 0.251 e. The van der Waals surface area contributed by atoms with Crippen molar-refractivity contribution in [2.75, 3.05) is 13.1 Å². The Kier molecular flexibility index (Phi) is 5.78. The van der Waals surface area contributed by atoms with Crippen LogP contribution >= 0.6 is 0 Å². The highest BCUT2D eigenvalue weighted by atomic mass is 19.1. The van der Waals surface area contributed by atoms with Gasteiger partial charge in [0, 0.05) is 18.2 Å². The van der Waals surface area contributed by atoms with Crippen LogP contribution in [0.4, 0.5) is 4.39 Å². The Labute approximate surface area is 112 Å². The van der Waals surface area contributed by atoms with Crippen LogP contribution in [0.3, 0.4) is 0 Å². The fourth-order valence-electron chi connectivity index (χ4n) is 1.39. The smallest absolute Gasteiger partial charge is 0.251 e. The van der Waals surface area contributed by atoms with Crippen LogP contribution in [-0.2, 0) is 0 Å². The third-order valence-electron chi connectivity index (χ3n) is 2.22. The van der Waals surface area contributed by atoms with Gasteiger partial charge in [-0.1, -0.05) is 0 Å². The van der Waals surface area contributed by atoms with E-state index < -0.39 is 0 Å². The van der Waals surface area contributed by atoms with E-state index in [1.54, 1.807) is 0 Å². The van der Waals surface area contributed by atoms with Gasteiger partial charge in [0.2, 0.25) is 0 Å². The zero-order valence-corrected chi connectivity index (χ0v) is 11.1. The van der Waals surface area contributed by atoms with Gasteiger partial charge in [-0.05, 0) is 38.1 Å². The summed E-state index contributed by atoms with van der Waals surface area (Å²) in [6, 6.07) is 5.58. The number of carbonyl (C=O) groups is 1. The van der Waals surface area contributed by atoms with E-state index >= 15 is 0 Å². The molecule has 0 saturated heterocycles. The number of nitrogens with one attached hydrogen (secondary N) is 2. The van der Waals surface area contributed by atoms with Crippen molar-refractivity contribution in [3.05, 3.63) is 35.6 Å². The van der Waals surface area contributed by atoms with Gasteiger partial charge in [0.25, 0.3) is 5.91 Å². The molecular formula is C13H19FN4O. The summed E-state index contributed by atoms with van der Waals surface area (Å²) in [4.78, 5) is 15.7. The van der Waals surface area contributed by atoms with Crippen molar-refractivity contribution in [2.45, 2.75) is 19.9 Å². The Bertz CT molecular complexity index is 442. The van der Waals surface area contributed by atoms with Crippen LogP contribution in [-0.4, -0.2) is 31.0 Å². The molecule has 104 valence electrons. The van der Waals surface area contributed by atoms with Crippen LogP contribution < -0.4 is 16.4 Å². The molecule has 4 N–H and O–H groups in total. The summed E-state index contributed by atoms with van der Waals surface area (Å²) in [5, 5.41) is 5.62. The SMILES string of the molecule is CC(C)NC(N)=NCCNC(=O)c1ccc(F)cc1. The first-order valence-electron chi connectivity index (χ1n) is 6.09. The molecule has 0 saturated carbocycles. The second kappa shape index (κ2) is 7.35. The molecule has 0 unspecified atom stereocenters. The molecular weight excluding hydrogens is 247 g/mol. The number of carbonyl (C=O) groups excluding carboxylic acids is 1. The van der Waals surface area contributed by atoms with E-state index in [2.05, 4.69) is 15.6 Å². The minimum absolute atomic E-state index is 0.220. The van der Waals surface area contributed by atoms with Gasteiger partial charge in [0.15, 0.2) is 5.96 Å². The molecule has 1 amide bonds. The van der Waals surface area contributed by atoms with Crippen molar-refractivity contribution >= 4 is 11.9 Å². The third-order valence-corrected chi connectivity index (χ3v) is 2.22. The first kappa shape index (κ1) is 14.9. The van der Waals surface area contributed by atoms with Gasteiger partial charge >= 0.3 is 0 Å². The highest BCUT2D eigenvalue weighted by molar-refractivity contribution is 5.94. The summed E-state index contributed by atoms with van der Waals surface area (Å²) >= 11 is 0. The Morgan fingerprint density at radius 1 is 1.37 bits per heavy atom. The number of nitrogens with two attached hydrogens (primary N) is 1. The summed E-state index contributed by atoms with van der Waals surface area (Å²) in [5.41, 5.74) is 6.02. The van der Waals surface area contributed by atoms with E-state index in [1.165, 1.54) is 24.3 Å². The van der Waals surface area contributed by atoms with E-state index in [0.717, 1.165) is 0 Å². The van der Waals surface area contributed by atoms with E-state index in [0.29, 0.717) is 24.6 Å². The molecule has 0 aliphatic heterocycles. The average molecular weight is 266 g/mol. The monoisotopic (exact) mass is 266 g/mol. The maximum absolute atomic E-state index is 12.7. The standard InChI is InChI=1S/C13H19FN4O/c1-9(2)18-13(15)17-8-7-16-12(19)10-3-5-11(14)6-4-10/h3-6,9H,7-8H2,1-2H3,(H,16,19)(H3,15,17,18). The molecule has 0 fully saturated rings. The molecule has 5 nitrogen and oxygen atoms in total. The Morgan fingerprint density at radius 3 is 2.58 bits per heavy atom. The van der Waals surface area contributed by atoms with Gasteiger partial charge < -0.3 is 16.4 Å². The lowest BCUT2D eigenvalue weighted by Crippen LogP contribution is -2.37. The lowest BCUT2D eigenvalue weighted by molar-refractivity contribution is 0.0955. The van der Waals surface area contributed by atoms with E-state index in [1.807, 2.05) is 13.8 Å². The largest absolute Gasteiger partial charge is 0.370 e. The minimum Gasteiger partial charge on any atom is -0.370 e. The van der Waals surface area contributed by atoms with Crippen molar-refractivity contribution in [3.8, 4) is 0 Å². The molecule has 0 atom stereocenters. The first-order valence-corrected chi connectivity index (χ1v) is 6.09. The van der Waals surface area contributed by atoms with Crippen molar-refractivity contribution < 1.29 is 9.18 Å². The van der Waals surface area contributed by atoms with E-state index in [9.17, 15) is 9.18 Å². The zero-order chi connectivity index (χ0) is 14.3. The summed E-state index contributed by atoms with van der Waals surface area (Å²) in [6.07, 6.45) is 0. The minimum atomic E-state index is -0.367. The van der Waals surface area contributed by atoms with Crippen LogP contribution in [0, 0.1) is 5.82 Å². The molecule has 0 aromatic heterocycles. The van der Waals surface area contributed by atoms with E-state index in [-0.39, 0.29) is 17.8 Å². The average Bonchev–Trinajstić information content (AvgIpc) is 2.34. The molecule has 0 aliphatic carbocycles. The molecule has 0 bridgehead atoms. The predicted molar refractivity (Wildman–Crippen MR) is 73.5 cm³/mol. The van der Waals surface area contributed by atoms with Gasteiger partial charge in [0.1, 0.15) is 5.82 Å². The predicted octanol–water partition coefficient (Wildman–Crippen LogP) is 0.868. The molecule has 19 heavy (non-hydrogen) atoms. The van der Waals surface area contributed by atoms with Crippen molar-refractivity contribution in [3.63, 3.8) is 0 Å². The molecule has 0 radical (unpaired) electrons. The number of hydrogen-bond acceptors (Lipinski definition) is 2. The summed E-state index contributed by atoms with van der Waals surface area (Å²) in [5.74, 6) is -0.273. The van der Waals surface area contributed by atoms with Crippen LogP contribution in [0.1, 0.15) is 24.2 Å². The van der Waals surface area contributed by atoms with Crippen molar-refractivity contribution in [2.24, 2.45) is 10.7 Å². The van der Waals surface area contributed by atoms with Crippen LogP contribution in [0.15, 0.2) is 29.3 Å². The van der Waals surface area contributed by atoms with Gasteiger partial charge in [-0.3, -0.25) is 9.79 Å². The number of benzene rings is 1. The number of nitrogens with zero attached hydrogens (tertiary/aromatic N) is 1. The fourth-order valence-corrected chi connectivity index (χ4v) is 1.39. The quantitative estimate of drug-likeness (QED) is 0.420. The van der Waals surface area contributed by atoms with Gasteiger partial charge in [0.05, 0.1) is 6.54 Å². The fraction of sp³-hybridized carbons (Fsp3) is 0.385. The van der Waals surface area contributed by atoms with Crippen molar-refractivity contribution in [1.82, 2.24) is 10.6 Å².